The monoisotopic (exact) mass is 343 g/mol. The lowest BCUT2D eigenvalue weighted by Crippen LogP contribution is -2.23. The summed E-state index contributed by atoms with van der Waals surface area (Å²) < 4.78 is 24.4. The van der Waals surface area contributed by atoms with Gasteiger partial charge in [0.1, 0.15) is 11.6 Å². The third kappa shape index (κ3) is 4.48. The highest BCUT2D eigenvalue weighted by Gasteiger charge is 2.16. The van der Waals surface area contributed by atoms with E-state index in [0.717, 1.165) is 23.2 Å². The van der Waals surface area contributed by atoms with E-state index in [-0.39, 0.29) is 12.6 Å². The average molecular weight is 343 g/mol. The van der Waals surface area contributed by atoms with Crippen molar-refractivity contribution in [3.8, 4) is 5.75 Å². The molecule has 3 N–H and O–H groups in total. The summed E-state index contributed by atoms with van der Waals surface area (Å²) in [6.07, 6.45) is 1.53. The molecule has 1 heterocycles. The van der Waals surface area contributed by atoms with Gasteiger partial charge in [-0.25, -0.2) is 4.39 Å². The van der Waals surface area contributed by atoms with Crippen LogP contribution in [0, 0.1) is 5.82 Å². The first-order chi connectivity index (χ1) is 12.2. The Balaban J connectivity index is 1.61. The van der Waals surface area contributed by atoms with Crippen molar-refractivity contribution in [3.05, 3.63) is 58.9 Å². The van der Waals surface area contributed by atoms with Gasteiger partial charge < -0.3 is 20.5 Å². The molecule has 0 amide bonds. The van der Waals surface area contributed by atoms with Crippen molar-refractivity contribution in [3.63, 3.8) is 0 Å². The molecule has 1 aliphatic rings. The third-order valence-electron chi connectivity index (χ3n) is 4.05. The Labute approximate surface area is 146 Å². The van der Waals surface area contributed by atoms with E-state index in [9.17, 15) is 4.39 Å². The predicted molar refractivity (Wildman–Crippen MR) is 96.3 cm³/mol. The van der Waals surface area contributed by atoms with E-state index in [1.165, 1.54) is 17.7 Å². The smallest absolute Gasteiger partial charge is 0.193 e. The molecule has 2 aromatic rings. The topological polar surface area (TPSA) is 68.9 Å². The third-order valence-corrected chi connectivity index (χ3v) is 4.05. The molecule has 0 spiro atoms. The van der Waals surface area contributed by atoms with Gasteiger partial charge in [0.05, 0.1) is 6.61 Å². The lowest BCUT2D eigenvalue weighted by Gasteiger charge is -2.20. The minimum absolute atomic E-state index is 0.187. The van der Waals surface area contributed by atoms with Crippen molar-refractivity contribution in [2.75, 3.05) is 18.7 Å². The number of fused-ring (bicyclic) bond motifs is 1. The van der Waals surface area contributed by atoms with Crippen molar-refractivity contribution in [1.82, 2.24) is 0 Å². The van der Waals surface area contributed by atoms with Crippen molar-refractivity contribution in [2.24, 2.45) is 10.7 Å². The van der Waals surface area contributed by atoms with Gasteiger partial charge in [-0.3, -0.25) is 4.99 Å². The fourth-order valence-corrected chi connectivity index (χ4v) is 2.75. The minimum atomic E-state index is -0.297. The number of ether oxygens (including phenoxy) is 2. The molecule has 0 saturated heterocycles. The second kappa shape index (κ2) is 7.98. The van der Waals surface area contributed by atoms with Gasteiger partial charge in [0, 0.05) is 17.8 Å². The summed E-state index contributed by atoms with van der Waals surface area (Å²) in [5.74, 6) is 0.734. The summed E-state index contributed by atoms with van der Waals surface area (Å²) in [6, 6.07) is 11.0. The minimum Gasteiger partial charge on any atom is -0.467 e. The molecule has 132 valence electrons. The number of nitrogens with one attached hydrogen (secondary N) is 1. The first kappa shape index (κ1) is 17.2. The van der Waals surface area contributed by atoms with Crippen molar-refractivity contribution >= 4 is 11.6 Å². The summed E-state index contributed by atoms with van der Waals surface area (Å²) in [6.45, 7) is 3.10. The Bertz CT molecular complexity index is 760. The van der Waals surface area contributed by atoms with Crippen LogP contribution in [0.2, 0.25) is 0 Å². The highest BCUT2D eigenvalue weighted by Crippen LogP contribution is 2.29. The zero-order valence-corrected chi connectivity index (χ0v) is 14.2. The van der Waals surface area contributed by atoms with Crippen LogP contribution in [0.1, 0.15) is 23.6 Å². The first-order valence-electron chi connectivity index (χ1n) is 8.33. The van der Waals surface area contributed by atoms with E-state index in [1.807, 2.05) is 24.3 Å². The number of aryl methyl sites for hydroxylation is 1. The number of anilines is 1. The van der Waals surface area contributed by atoms with Crippen LogP contribution in [0.3, 0.4) is 0 Å². The molecule has 3 rings (SSSR count). The number of rotatable bonds is 5. The van der Waals surface area contributed by atoms with Crippen molar-refractivity contribution in [2.45, 2.75) is 26.4 Å². The summed E-state index contributed by atoms with van der Waals surface area (Å²) >= 11 is 0. The molecule has 1 aliphatic heterocycles. The lowest BCUT2D eigenvalue weighted by molar-refractivity contribution is -0.0172. The second-order valence-electron chi connectivity index (χ2n) is 5.86. The van der Waals surface area contributed by atoms with Crippen molar-refractivity contribution < 1.29 is 13.9 Å². The number of nitrogens with zero attached hydrogens (tertiary/aromatic N) is 1. The van der Waals surface area contributed by atoms with Crippen LogP contribution < -0.4 is 15.8 Å². The summed E-state index contributed by atoms with van der Waals surface area (Å²) in [5.41, 5.74) is 9.59. The van der Waals surface area contributed by atoms with Gasteiger partial charge in [0.25, 0.3) is 0 Å². The van der Waals surface area contributed by atoms with Gasteiger partial charge in [-0.2, -0.15) is 0 Å². The van der Waals surface area contributed by atoms with Gasteiger partial charge in [-0.15, -0.1) is 0 Å². The Kier molecular flexibility index (Phi) is 5.50. The summed E-state index contributed by atoms with van der Waals surface area (Å²) in [5, 5.41) is 3.06. The molecule has 0 bridgehead atoms. The molecule has 0 atom stereocenters. The number of guanidine groups is 1. The Morgan fingerprint density at radius 2 is 2.08 bits per heavy atom. The molecule has 0 aliphatic carbocycles. The maximum absolute atomic E-state index is 13.7. The number of hydrogen-bond donors (Lipinski definition) is 2. The van der Waals surface area contributed by atoms with E-state index in [4.69, 9.17) is 15.2 Å². The van der Waals surface area contributed by atoms with E-state index in [1.54, 1.807) is 0 Å². The zero-order chi connectivity index (χ0) is 17.6. The largest absolute Gasteiger partial charge is 0.467 e. The SMILES string of the molecule is CCc1ccc(NC(N)=NCCc2cc(F)cc3c2OCOC3)cc1. The van der Waals surface area contributed by atoms with Gasteiger partial charge in [0.2, 0.25) is 0 Å². The Hall–Kier alpha value is -2.60. The van der Waals surface area contributed by atoms with E-state index in [2.05, 4.69) is 17.2 Å². The Morgan fingerprint density at radius 1 is 1.28 bits per heavy atom. The average Bonchev–Trinajstić information content (AvgIpc) is 2.62. The van der Waals surface area contributed by atoms with Crippen LogP contribution in [-0.4, -0.2) is 19.3 Å². The van der Waals surface area contributed by atoms with Crippen LogP contribution >= 0.6 is 0 Å². The van der Waals surface area contributed by atoms with Crippen molar-refractivity contribution in [1.29, 1.82) is 0 Å². The molecule has 0 fully saturated rings. The second-order valence-corrected chi connectivity index (χ2v) is 5.86. The number of benzene rings is 2. The molecule has 2 aromatic carbocycles. The quantitative estimate of drug-likeness (QED) is 0.646. The maximum Gasteiger partial charge on any atom is 0.193 e. The van der Waals surface area contributed by atoms with Crippen LogP contribution in [0.4, 0.5) is 10.1 Å². The predicted octanol–water partition coefficient (Wildman–Crippen LogP) is 3.22. The molecule has 0 aromatic heterocycles. The fourth-order valence-electron chi connectivity index (χ4n) is 2.75. The molecular formula is C19H22FN3O2. The number of hydrogen-bond acceptors (Lipinski definition) is 3. The van der Waals surface area contributed by atoms with Crippen LogP contribution in [0.5, 0.6) is 5.75 Å². The number of nitrogens with two attached hydrogens (primary N) is 1. The molecule has 5 nitrogen and oxygen atoms in total. The van der Waals surface area contributed by atoms with E-state index >= 15 is 0 Å². The fraction of sp³-hybridized carbons (Fsp3) is 0.316. The summed E-state index contributed by atoms with van der Waals surface area (Å²) in [7, 11) is 0. The van der Waals surface area contributed by atoms with Gasteiger partial charge in [-0.1, -0.05) is 19.1 Å². The molecule has 25 heavy (non-hydrogen) atoms. The first-order valence-corrected chi connectivity index (χ1v) is 8.33. The van der Waals surface area contributed by atoms with Crippen LogP contribution in [0.15, 0.2) is 41.4 Å². The van der Waals surface area contributed by atoms with Gasteiger partial charge in [0.15, 0.2) is 12.8 Å². The highest BCUT2D eigenvalue weighted by molar-refractivity contribution is 5.92. The van der Waals surface area contributed by atoms with Crippen LogP contribution in [-0.2, 0) is 24.2 Å². The lowest BCUT2D eigenvalue weighted by atomic mass is 10.1. The van der Waals surface area contributed by atoms with E-state index < -0.39 is 0 Å². The summed E-state index contributed by atoms with van der Waals surface area (Å²) in [4.78, 5) is 4.31. The van der Waals surface area contributed by atoms with Gasteiger partial charge in [-0.05, 0) is 48.2 Å². The van der Waals surface area contributed by atoms with Crippen LogP contribution in [0.25, 0.3) is 0 Å². The molecule has 0 saturated carbocycles. The normalized spacial score (nSPS) is 13.9. The molecule has 0 radical (unpaired) electrons. The molecule has 0 unspecified atom stereocenters. The highest BCUT2D eigenvalue weighted by atomic mass is 19.1. The maximum atomic E-state index is 13.7. The molecular weight excluding hydrogens is 321 g/mol. The standard InChI is InChI=1S/C19H22FN3O2/c1-2-13-3-5-17(6-4-13)23-19(21)22-8-7-14-9-16(20)10-15-11-24-12-25-18(14)15/h3-6,9-10H,2,7-8,11-12H2,1H3,(H3,21,22,23). The van der Waals surface area contributed by atoms with E-state index in [0.29, 0.717) is 31.3 Å². The van der Waals surface area contributed by atoms with Gasteiger partial charge >= 0.3 is 0 Å². The number of aliphatic imine (C=N–C) groups is 1. The number of halogens is 1. The zero-order valence-electron chi connectivity index (χ0n) is 14.2. The molecule has 6 heteroatoms. The Morgan fingerprint density at radius 3 is 2.84 bits per heavy atom.